The smallest absolute Gasteiger partial charge is 0.315 e. The maximum Gasteiger partial charge on any atom is 0.315 e. The summed E-state index contributed by atoms with van der Waals surface area (Å²) in [6.07, 6.45) is 2.56. The number of hydrogen-bond acceptors (Lipinski definition) is 4. The predicted octanol–water partition coefficient (Wildman–Crippen LogP) is 3.34. The second kappa shape index (κ2) is 10.0. The predicted molar refractivity (Wildman–Crippen MR) is 117 cm³/mol. The van der Waals surface area contributed by atoms with E-state index in [4.69, 9.17) is 0 Å². The first-order valence-corrected chi connectivity index (χ1v) is 11.1. The summed E-state index contributed by atoms with van der Waals surface area (Å²) in [5, 5.41) is 5.62. The second-order valence-corrected chi connectivity index (χ2v) is 8.83. The van der Waals surface area contributed by atoms with Crippen LogP contribution in [0.5, 0.6) is 0 Å². The molecule has 2 fully saturated rings. The van der Waals surface area contributed by atoms with Gasteiger partial charge in [-0.1, -0.05) is 30.3 Å². The van der Waals surface area contributed by atoms with Crippen LogP contribution in [0.15, 0.2) is 42.6 Å². The summed E-state index contributed by atoms with van der Waals surface area (Å²) in [5.41, 5.74) is 4.16. The molecule has 32 heavy (non-hydrogen) atoms. The molecule has 5 nitrogen and oxygen atoms in total. The number of rotatable bonds is 8. The SMILES string of the molecule is O=C(NC(CF)Cc1ccc(-c2ccc(CN3CCC4(CCN4)CC3)nc2)cc1)C(F)F. The van der Waals surface area contributed by atoms with Gasteiger partial charge in [0, 0.05) is 36.9 Å². The molecule has 8 heteroatoms. The van der Waals surface area contributed by atoms with Gasteiger partial charge in [0.15, 0.2) is 0 Å². The Hall–Kier alpha value is -2.45. The van der Waals surface area contributed by atoms with Gasteiger partial charge in [0.2, 0.25) is 0 Å². The maximum absolute atomic E-state index is 13.1. The number of likely N-dealkylation sites (tertiary alicyclic amines) is 1. The number of carbonyl (C=O) groups is 1. The fourth-order valence-corrected chi connectivity index (χ4v) is 4.49. The number of halogens is 3. The van der Waals surface area contributed by atoms with Crippen LogP contribution in [-0.2, 0) is 17.8 Å². The molecule has 1 amide bonds. The zero-order chi connectivity index (χ0) is 22.6. The van der Waals surface area contributed by atoms with Gasteiger partial charge in [-0.15, -0.1) is 0 Å². The molecule has 4 rings (SSSR count). The highest BCUT2D eigenvalue weighted by Gasteiger charge is 2.39. The first-order valence-electron chi connectivity index (χ1n) is 11.1. The van der Waals surface area contributed by atoms with Crippen molar-refractivity contribution in [3.8, 4) is 11.1 Å². The van der Waals surface area contributed by atoms with Crippen molar-refractivity contribution in [2.75, 3.05) is 26.3 Å². The van der Waals surface area contributed by atoms with Crippen molar-refractivity contribution in [1.29, 1.82) is 0 Å². The summed E-state index contributed by atoms with van der Waals surface area (Å²) < 4.78 is 37.8. The van der Waals surface area contributed by atoms with Crippen molar-refractivity contribution in [3.63, 3.8) is 0 Å². The Bertz CT molecular complexity index is 890. The van der Waals surface area contributed by atoms with Gasteiger partial charge in [0.05, 0.1) is 11.7 Å². The van der Waals surface area contributed by atoms with E-state index in [0.717, 1.165) is 48.6 Å². The maximum atomic E-state index is 13.1. The molecule has 0 bridgehead atoms. The highest BCUT2D eigenvalue weighted by Crippen LogP contribution is 2.31. The van der Waals surface area contributed by atoms with Gasteiger partial charge in [-0.25, -0.2) is 4.39 Å². The van der Waals surface area contributed by atoms with Crippen LogP contribution in [0.2, 0.25) is 0 Å². The first-order chi connectivity index (χ1) is 15.5. The van der Waals surface area contributed by atoms with Crippen molar-refractivity contribution in [2.24, 2.45) is 0 Å². The topological polar surface area (TPSA) is 57.3 Å². The third kappa shape index (κ3) is 5.48. The number of nitrogens with zero attached hydrogens (tertiary/aromatic N) is 2. The number of piperidine rings is 1. The van der Waals surface area contributed by atoms with E-state index in [2.05, 4.69) is 15.2 Å². The standard InChI is InChI=1S/C24H29F3N4O/c25-14-21(30-23(32)22(26)27)13-17-1-3-18(4-2-17)19-5-6-20(28-15-19)16-31-11-8-24(9-12-31)7-10-29-24/h1-6,15,21-22,29H,7-14,16H2,(H,30,32). The van der Waals surface area contributed by atoms with Crippen molar-refractivity contribution in [3.05, 3.63) is 53.9 Å². The molecule has 2 aliphatic heterocycles. The molecule has 2 aromatic rings. The number of aromatic nitrogens is 1. The third-order valence-electron chi connectivity index (χ3n) is 6.63. The molecule has 2 saturated heterocycles. The van der Waals surface area contributed by atoms with Crippen LogP contribution < -0.4 is 10.6 Å². The molecule has 2 aliphatic rings. The lowest BCUT2D eigenvalue weighted by molar-refractivity contribution is -0.132. The number of amides is 1. The minimum absolute atomic E-state index is 0.152. The quantitative estimate of drug-likeness (QED) is 0.653. The Balaban J connectivity index is 1.30. The summed E-state index contributed by atoms with van der Waals surface area (Å²) >= 11 is 0. The molecule has 3 heterocycles. The van der Waals surface area contributed by atoms with E-state index in [1.807, 2.05) is 47.9 Å². The Morgan fingerprint density at radius 2 is 1.78 bits per heavy atom. The number of nitrogens with one attached hydrogen (secondary N) is 2. The molecule has 1 aromatic carbocycles. The molecule has 172 valence electrons. The summed E-state index contributed by atoms with van der Waals surface area (Å²) in [6.45, 7) is 3.28. The zero-order valence-electron chi connectivity index (χ0n) is 18.0. The average Bonchev–Trinajstić information content (AvgIpc) is 2.79. The number of alkyl halides is 3. The van der Waals surface area contributed by atoms with Gasteiger partial charge in [-0.05, 0) is 49.4 Å². The zero-order valence-corrected chi connectivity index (χ0v) is 18.0. The molecule has 0 radical (unpaired) electrons. The van der Waals surface area contributed by atoms with E-state index >= 15 is 0 Å². The van der Waals surface area contributed by atoms with Gasteiger partial charge >= 0.3 is 6.43 Å². The average molecular weight is 447 g/mol. The van der Waals surface area contributed by atoms with E-state index in [-0.39, 0.29) is 6.42 Å². The van der Waals surface area contributed by atoms with Crippen molar-refractivity contribution < 1.29 is 18.0 Å². The van der Waals surface area contributed by atoms with Gasteiger partial charge in [0.1, 0.15) is 6.67 Å². The fraction of sp³-hybridized carbons (Fsp3) is 0.500. The van der Waals surface area contributed by atoms with Gasteiger partial charge in [-0.3, -0.25) is 14.7 Å². The van der Waals surface area contributed by atoms with Crippen LogP contribution in [0.3, 0.4) is 0 Å². The lowest BCUT2D eigenvalue weighted by Gasteiger charge is -2.48. The van der Waals surface area contributed by atoms with Crippen LogP contribution >= 0.6 is 0 Å². The van der Waals surface area contributed by atoms with Crippen LogP contribution in [-0.4, -0.2) is 60.1 Å². The van der Waals surface area contributed by atoms with Gasteiger partial charge in [-0.2, -0.15) is 8.78 Å². The van der Waals surface area contributed by atoms with Crippen LogP contribution in [0.4, 0.5) is 13.2 Å². The second-order valence-electron chi connectivity index (χ2n) is 8.83. The number of benzene rings is 1. The molecule has 2 N–H and O–H groups in total. The molecule has 1 aromatic heterocycles. The van der Waals surface area contributed by atoms with E-state index in [1.165, 1.54) is 19.3 Å². The van der Waals surface area contributed by atoms with Gasteiger partial charge in [0.25, 0.3) is 5.91 Å². The summed E-state index contributed by atoms with van der Waals surface area (Å²) in [5.74, 6) is -1.45. The van der Waals surface area contributed by atoms with E-state index < -0.39 is 25.0 Å². The fourth-order valence-electron chi connectivity index (χ4n) is 4.49. The molecule has 0 saturated carbocycles. The highest BCUT2D eigenvalue weighted by atomic mass is 19.3. The molecule has 1 atom stereocenters. The summed E-state index contributed by atoms with van der Waals surface area (Å²) in [4.78, 5) is 18.2. The van der Waals surface area contributed by atoms with E-state index in [0.29, 0.717) is 5.54 Å². The first kappa shape index (κ1) is 22.7. The summed E-state index contributed by atoms with van der Waals surface area (Å²) in [7, 11) is 0. The van der Waals surface area contributed by atoms with E-state index in [9.17, 15) is 18.0 Å². The molecular weight excluding hydrogens is 417 g/mol. The number of hydrogen-bond donors (Lipinski definition) is 2. The number of carbonyl (C=O) groups excluding carboxylic acids is 1. The van der Waals surface area contributed by atoms with E-state index in [1.54, 1.807) is 0 Å². The molecule has 1 spiro atoms. The summed E-state index contributed by atoms with van der Waals surface area (Å²) in [6, 6.07) is 10.6. The van der Waals surface area contributed by atoms with Crippen LogP contribution in [0.25, 0.3) is 11.1 Å². The Labute approximate surface area is 186 Å². The lowest BCUT2D eigenvalue weighted by atomic mass is 9.79. The third-order valence-corrected chi connectivity index (χ3v) is 6.63. The van der Waals surface area contributed by atoms with Crippen LogP contribution in [0.1, 0.15) is 30.5 Å². The van der Waals surface area contributed by atoms with Crippen molar-refractivity contribution >= 4 is 5.91 Å². The Morgan fingerprint density at radius 1 is 1.09 bits per heavy atom. The molecule has 1 unspecified atom stereocenters. The molecular formula is C24H29F3N4O. The Kier molecular flexibility index (Phi) is 7.10. The normalized spacial score (nSPS) is 19.0. The lowest BCUT2D eigenvalue weighted by Crippen LogP contribution is -2.61. The highest BCUT2D eigenvalue weighted by molar-refractivity contribution is 5.79. The minimum atomic E-state index is -3.15. The monoisotopic (exact) mass is 446 g/mol. The molecule has 0 aliphatic carbocycles. The van der Waals surface area contributed by atoms with Gasteiger partial charge < -0.3 is 10.6 Å². The van der Waals surface area contributed by atoms with Crippen molar-refractivity contribution in [2.45, 2.75) is 50.2 Å². The minimum Gasteiger partial charge on any atom is -0.345 e. The largest absolute Gasteiger partial charge is 0.345 e. The van der Waals surface area contributed by atoms with Crippen molar-refractivity contribution in [1.82, 2.24) is 20.5 Å². The Morgan fingerprint density at radius 3 is 2.31 bits per heavy atom. The number of pyridine rings is 1. The van der Waals surface area contributed by atoms with Crippen LogP contribution in [0, 0.1) is 0 Å².